The molecule has 1 aliphatic heterocycles. The number of primary amides is 1. The second-order valence-electron chi connectivity index (χ2n) is 7.96. The zero-order valence-corrected chi connectivity index (χ0v) is 17.1. The number of carbonyl (C=O) groups excluding carboxylic acids is 1. The summed E-state index contributed by atoms with van der Waals surface area (Å²) in [6.07, 6.45) is 4.51. The lowest BCUT2D eigenvalue weighted by Gasteiger charge is -2.36. The second-order valence-corrected chi connectivity index (χ2v) is 7.96. The summed E-state index contributed by atoms with van der Waals surface area (Å²) in [5.41, 5.74) is 8.84. The van der Waals surface area contributed by atoms with Crippen LogP contribution in [-0.4, -0.2) is 43.9 Å². The van der Waals surface area contributed by atoms with Crippen LogP contribution in [0.5, 0.6) is 0 Å². The number of aromatic amines is 1. The number of anilines is 2. The van der Waals surface area contributed by atoms with Crippen LogP contribution < -0.4 is 11.1 Å². The number of amides is 1. The number of hydrogen-bond donors (Lipinski definition) is 3. The smallest absolute Gasteiger partial charge is 0.254 e. The van der Waals surface area contributed by atoms with Crippen molar-refractivity contribution in [3.05, 3.63) is 59.3 Å². The van der Waals surface area contributed by atoms with Crippen molar-refractivity contribution in [2.45, 2.75) is 32.9 Å². The summed E-state index contributed by atoms with van der Waals surface area (Å²) >= 11 is 0. The molecule has 4 N–H and O–H groups in total. The normalized spacial score (nSPS) is 19.7. The standard InChI is InChI=1S/C21H26FN7O/c1-13-10-28(11-15-9-24-26-14(15)2)8-7-19(13)29-12-18(20(23)30)21(27-29)25-17-5-3-16(22)4-6-17/h3-6,9,12-13,19H,7-8,10-11H2,1-2H3,(H2,23,30)(H,24,26)(H,25,27)/t13-,19?/m1/s1. The largest absolute Gasteiger partial charge is 0.365 e. The Morgan fingerprint density at radius 1 is 1.37 bits per heavy atom. The average molecular weight is 411 g/mol. The first-order chi connectivity index (χ1) is 14.4. The summed E-state index contributed by atoms with van der Waals surface area (Å²) in [5, 5.41) is 14.8. The molecule has 0 bridgehead atoms. The van der Waals surface area contributed by atoms with Crippen LogP contribution >= 0.6 is 0 Å². The van der Waals surface area contributed by atoms with Crippen molar-refractivity contribution in [2.75, 3.05) is 18.4 Å². The maximum atomic E-state index is 13.2. The highest BCUT2D eigenvalue weighted by Crippen LogP contribution is 2.31. The number of H-pyrrole nitrogens is 1. The minimum atomic E-state index is -0.550. The van der Waals surface area contributed by atoms with Gasteiger partial charge in [-0.2, -0.15) is 10.2 Å². The van der Waals surface area contributed by atoms with Gasteiger partial charge in [0, 0.05) is 42.8 Å². The van der Waals surface area contributed by atoms with Crippen molar-refractivity contribution in [3.8, 4) is 0 Å². The van der Waals surface area contributed by atoms with Crippen LogP contribution in [0.3, 0.4) is 0 Å². The Morgan fingerprint density at radius 2 is 2.13 bits per heavy atom. The van der Waals surface area contributed by atoms with E-state index in [-0.39, 0.29) is 11.9 Å². The molecule has 2 aromatic heterocycles. The van der Waals surface area contributed by atoms with Gasteiger partial charge in [0.15, 0.2) is 5.82 Å². The zero-order chi connectivity index (χ0) is 21.3. The van der Waals surface area contributed by atoms with Gasteiger partial charge in [0.2, 0.25) is 0 Å². The topological polar surface area (TPSA) is 105 Å². The van der Waals surface area contributed by atoms with Gasteiger partial charge in [0.25, 0.3) is 5.91 Å². The van der Waals surface area contributed by atoms with Crippen LogP contribution in [0.15, 0.2) is 36.7 Å². The van der Waals surface area contributed by atoms with E-state index in [1.54, 1.807) is 18.3 Å². The molecule has 158 valence electrons. The van der Waals surface area contributed by atoms with Crippen molar-refractivity contribution in [2.24, 2.45) is 11.7 Å². The number of halogens is 1. The predicted molar refractivity (Wildman–Crippen MR) is 112 cm³/mol. The quantitative estimate of drug-likeness (QED) is 0.578. The molecule has 8 nitrogen and oxygen atoms in total. The monoisotopic (exact) mass is 411 g/mol. The van der Waals surface area contributed by atoms with E-state index in [0.29, 0.717) is 23.0 Å². The molecule has 1 aromatic carbocycles. The molecule has 1 unspecified atom stereocenters. The summed E-state index contributed by atoms with van der Waals surface area (Å²) in [4.78, 5) is 14.4. The second kappa shape index (κ2) is 8.27. The van der Waals surface area contributed by atoms with E-state index in [1.807, 2.05) is 17.8 Å². The number of aryl methyl sites for hydroxylation is 1. The van der Waals surface area contributed by atoms with Crippen molar-refractivity contribution in [1.29, 1.82) is 0 Å². The maximum absolute atomic E-state index is 13.2. The first-order valence-corrected chi connectivity index (χ1v) is 10.0. The first-order valence-electron chi connectivity index (χ1n) is 10.0. The van der Waals surface area contributed by atoms with Gasteiger partial charge in [-0.1, -0.05) is 6.92 Å². The van der Waals surface area contributed by atoms with E-state index >= 15 is 0 Å². The van der Waals surface area contributed by atoms with Gasteiger partial charge < -0.3 is 11.1 Å². The van der Waals surface area contributed by atoms with Gasteiger partial charge in [-0.05, 0) is 43.5 Å². The molecule has 2 atom stereocenters. The van der Waals surface area contributed by atoms with Gasteiger partial charge >= 0.3 is 0 Å². The number of rotatable bonds is 6. The number of piperidine rings is 1. The Morgan fingerprint density at radius 3 is 2.77 bits per heavy atom. The van der Waals surface area contributed by atoms with E-state index in [2.05, 4.69) is 32.4 Å². The van der Waals surface area contributed by atoms with Crippen LogP contribution in [0.4, 0.5) is 15.9 Å². The third-order valence-electron chi connectivity index (χ3n) is 5.72. The highest BCUT2D eigenvalue weighted by atomic mass is 19.1. The molecule has 0 spiro atoms. The third-order valence-corrected chi connectivity index (χ3v) is 5.72. The van der Waals surface area contributed by atoms with Crippen LogP contribution in [0, 0.1) is 18.7 Å². The SMILES string of the molecule is Cc1[nH]ncc1CN1CCC(n2cc(C(N)=O)c(Nc3ccc(F)cc3)n2)[C@H](C)C1. The molecule has 4 rings (SSSR count). The molecule has 3 aromatic rings. The number of nitrogens with one attached hydrogen (secondary N) is 2. The van der Waals surface area contributed by atoms with Crippen molar-refractivity contribution in [3.63, 3.8) is 0 Å². The number of benzene rings is 1. The van der Waals surface area contributed by atoms with E-state index < -0.39 is 5.91 Å². The van der Waals surface area contributed by atoms with Crippen molar-refractivity contribution in [1.82, 2.24) is 24.9 Å². The van der Waals surface area contributed by atoms with Crippen molar-refractivity contribution < 1.29 is 9.18 Å². The minimum absolute atomic E-state index is 0.161. The van der Waals surface area contributed by atoms with Gasteiger partial charge in [-0.25, -0.2) is 4.39 Å². The third kappa shape index (κ3) is 4.20. The fraction of sp³-hybridized carbons (Fsp3) is 0.381. The van der Waals surface area contributed by atoms with E-state index in [9.17, 15) is 9.18 Å². The Balaban J connectivity index is 1.49. The van der Waals surface area contributed by atoms with E-state index in [0.717, 1.165) is 31.7 Å². The lowest BCUT2D eigenvalue weighted by atomic mass is 9.93. The number of nitrogens with zero attached hydrogens (tertiary/aromatic N) is 4. The van der Waals surface area contributed by atoms with Crippen LogP contribution in [0.25, 0.3) is 0 Å². The molecule has 0 saturated carbocycles. The average Bonchev–Trinajstić information content (AvgIpc) is 3.30. The highest BCUT2D eigenvalue weighted by molar-refractivity contribution is 5.98. The Bertz CT molecular complexity index is 1030. The Labute approximate surface area is 174 Å². The summed E-state index contributed by atoms with van der Waals surface area (Å²) in [5.74, 6) is -0.151. The predicted octanol–water partition coefficient (Wildman–Crippen LogP) is 2.98. The lowest BCUT2D eigenvalue weighted by Crippen LogP contribution is -2.40. The highest BCUT2D eigenvalue weighted by Gasteiger charge is 2.29. The van der Waals surface area contributed by atoms with Crippen molar-refractivity contribution >= 4 is 17.4 Å². The Kier molecular flexibility index (Phi) is 5.54. The van der Waals surface area contributed by atoms with Gasteiger partial charge in [-0.3, -0.25) is 19.5 Å². The molecule has 0 radical (unpaired) electrons. The van der Waals surface area contributed by atoms with Gasteiger partial charge in [0.1, 0.15) is 11.4 Å². The van der Waals surface area contributed by atoms with Crippen LogP contribution in [-0.2, 0) is 6.54 Å². The van der Waals surface area contributed by atoms with Crippen LogP contribution in [0.2, 0.25) is 0 Å². The number of nitrogens with two attached hydrogens (primary N) is 1. The summed E-state index contributed by atoms with van der Waals surface area (Å²) in [6, 6.07) is 6.05. The summed E-state index contributed by atoms with van der Waals surface area (Å²) in [7, 11) is 0. The molecule has 0 aliphatic carbocycles. The van der Waals surface area contributed by atoms with Gasteiger partial charge in [-0.15, -0.1) is 0 Å². The fourth-order valence-corrected chi connectivity index (χ4v) is 4.04. The zero-order valence-electron chi connectivity index (χ0n) is 17.1. The molecular formula is C21H26FN7O. The minimum Gasteiger partial charge on any atom is -0.365 e. The Hall–Kier alpha value is -3.20. The first kappa shape index (κ1) is 20.1. The molecule has 30 heavy (non-hydrogen) atoms. The summed E-state index contributed by atoms with van der Waals surface area (Å²) < 4.78 is 15.0. The van der Waals surface area contributed by atoms with Crippen LogP contribution in [0.1, 0.15) is 41.0 Å². The molecule has 3 heterocycles. The molecular weight excluding hydrogens is 385 g/mol. The van der Waals surface area contributed by atoms with E-state index in [1.165, 1.54) is 17.7 Å². The summed E-state index contributed by atoms with van der Waals surface area (Å²) in [6.45, 7) is 6.93. The maximum Gasteiger partial charge on any atom is 0.254 e. The fourth-order valence-electron chi connectivity index (χ4n) is 4.04. The molecule has 9 heteroatoms. The van der Waals surface area contributed by atoms with Gasteiger partial charge in [0.05, 0.1) is 12.2 Å². The lowest BCUT2D eigenvalue weighted by molar-refractivity contribution is 0.0999. The number of likely N-dealkylation sites (tertiary alicyclic amines) is 1. The molecule has 1 fully saturated rings. The molecule has 1 amide bonds. The van der Waals surface area contributed by atoms with E-state index in [4.69, 9.17) is 5.73 Å². The number of hydrogen-bond acceptors (Lipinski definition) is 5. The number of carbonyl (C=O) groups is 1. The molecule has 1 aliphatic rings. The number of aromatic nitrogens is 4. The molecule has 1 saturated heterocycles.